The first kappa shape index (κ1) is 13.5. The lowest BCUT2D eigenvalue weighted by Gasteiger charge is -2.05. The van der Waals surface area contributed by atoms with E-state index in [9.17, 15) is 0 Å². The van der Waals surface area contributed by atoms with Gasteiger partial charge in [0.2, 0.25) is 0 Å². The Morgan fingerprint density at radius 2 is 2.00 bits per heavy atom. The summed E-state index contributed by atoms with van der Waals surface area (Å²) >= 11 is 1.48. The maximum absolute atomic E-state index is 8.87. The zero-order chi connectivity index (χ0) is 14.2. The van der Waals surface area contributed by atoms with Crippen LogP contribution in [0.2, 0.25) is 0 Å². The van der Waals surface area contributed by atoms with Crippen molar-refractivity contribution >= 4 is 17.6 Å². The van der Waals surface area contributed by atoms with Crippen LogP contribution in [0.15, 0.2) is 21.3 Å². The predicted octanol–water partition coefficient (Wildman–Crippen LogP) is 1.02. The third-order valence-corrected chi connectivity index (χ3v) is 3.95. The van der Waals surface area contributed by atoms with Crippen molar-refractivity contribution in [2.45, 2.75) is 23.9 Å². The Balaban J connectivity index is 2.48. The largest absolute Gasteiger partial charge is 0.409 e. The topological polar surface area (TPSA) is 94.3 Å². The first-order valence-corrected chi connectivity index (χ1v) is 6.45. The molecule has 0 saturated heterocycles. The number of hydrogen-bond donors (Lipinski definition) is 2. The van der Waals surface area contributed by atoms with Gasteiger partial charge in [-0.25, -0.2) is 0 Å². The summed E-state index contributed by atoms with van der Waals surface area (Å²) in [6.07, 6.45) is 0. The molecular formula is C11H16N6OS. The summed E-state index contributed by atoms with van der Waals surface area (Å²) < 4.78 is 3.51. The summed E-state index contributed by atoms with van der Waals surface area (Å²) in [6.45, 7) is 3.76. The highest BCUT2D eigenvalue weighted by atomic mass is 32.2. The molecule has 7 nitrogen and oxygen atoms in total. The Morgan fingerprint density at radius 1 is 1.32 bits per heavy atom. The van der Waals surface area contributed by atoms with Crippen molar-refractivity contribution in [1.82, 2.24) is 19.6 Å². The maximum atomic E-state index is 8.87. The smallest absolute Gasteiger partial charge is 0.174 e. The monoisotopic (exact) mass is 280 g/mol. The zero-order valence-electron chi connectivity index (χ0n) is 11.2. The molecule has 0 aromatic carbocycles. The highest BCUT2D eigenvalue weighted by Gasteiger charge is 2.19. The van der Waals surface area contributed by atoms with E-state index in [4.69, 9.17) is 10.9 Å². The van der Waals surface area contributed by atoms with Crippen molar-refractivity contribution in [3.05, 3.63) is 23.0 Å². The highest BCUT2D eigenvalue weighted by Crippen LogP contribution is 2.31. The van der Waals surface area contributed by atoms with Crippen LogP contribution in [0.25, 0.3) is 0 Å². The fraction of sp³-hybridized carbons (Fsp3) is 0.364. The van der Waals surface area contributed by atoms with E-state index >= 15 is 0 Å². The Bertz CT molecular complexity index is 642. The van der Waals surface area contributed by atoms with Crippen molar-refractivity contribution in [2.24, 2.45) is 25.0 Å². The van der Waals surface area contributed by atoms with Crippen molar-refractivity contribution < 1.29 is 5.21 Å². The van der Waals surface area contributed by atoms with E-state index in [2.05, 4.69) is 15.4 Å². The summed E-state index contributed by atoms with van der Waals surface area (Å²) in [6, 6.07) is 1.98. The van der Waals surface area contributed by atoms with E-state index in [1.165, 1.54) is 11.8 Å². The fourth-order valence-electron chi connectivity index (χ4n) is 1.88. The van der Waals surface area contributed by atoms with Crippen molar-refractivity contribution in [2.75, 3.05) is 0 Å². The van der Waals surface area contributed by atoms with E-state index in [1.807, 2.05) is 34.0 Å². The van der Waals surface area contributed by atoms with Crippen molar-refractivity contribution in [3.8, 4) is 0 Å². The third kappa shape index (κ3) is 2.43. The number of oxime groups is 1. The lowest BCUT2D eigenvalue weighted by molar-refractivity contribution is 0.318. The molecule has 0 unspecified atom stereocenters. The standard InChI is InChI=1S/C11H16N6OS/c1-6-5-8(16(3)13-6)19-11-9(10(12)15-18)7(2)14-17(11)4/h5,18H,1-4H3,(H2,12,15). The van der Waals surface area contributed by atoms with Gasteiger partial charge >= 0.3 is 0 Å². The molecule has 2 heterocycles. The molecule has 3 N–H and O–H groups in total. The van der Waals surface area contributed by atoms with E-state index in [0.717, 1.165) is 21.4 Å². The number of aromatic nitrogens is 4. The second kappa shape index (κ2) is 4.96. The minimum Gasteiger partial charge on any atom is -0.409 e. The molecule has 0 aliphatic heterocycles. The van der Waals surface area contributed by atoms with E-state index in [0.29, 0.717) is 5.56 Å². The molecule has 0 aliphatic rings. The van der Waals surface area contributed by atoms with E-state index in [-0.39, 0.29) is 5.84 Å². The molecule has 0 atom stereocenters. The second-order valence-electron chi connectivity index (χ2n) is 4.22. The number of amidine groups is 1. The molecule has 0 radical (unpaired) electrons. The minimum atomic E-state index is 0.0620. The number of nitrogens with two attached hydrogens (primary N) is 1. The van der Waals surface area contributed by atoms with Crippen LogP contribution >= 0.6 is 11.8 Å². The van der Waals surface area contributed by atoms with E-state index in [1.54, 1.807) is 9.36 Å². The van der Waals surface area contributed by atoms with Gasteiger partial charge in [-0.15, -0.1) is 0 Å². The van der Waals surface area contributed by atoms with Crippen LogP contribution in [0, 0.1) is 13.8 Å². The van der Waals surface area contributed by atoms with Gasteiger partial charge in [0.25, 0.3) is 0 Å². The number of hydrogen-bond acceptors (Lipinski definition) is 5. The van der Waals surface area contributed by atoms with Crippen LogP contribution in [0.3, 0.4) is 0 Å². The molecular weight excluding hydrogens is 264 g/mol. The summed E-state index contributed by atoms with van der Waals surface area (Å²) in [4.78, 5) is 0. The minimum absolute atomic E-state index is 0.0620. The summed E-state index contributed by atoms with van der Waals surface area (Å²) in [5.74, 6) is 0.0620. The van der Waals surface area contributed by atoms with Gasteiger partial charge < -0.3 is 10.9 Å². The molecule has 2 aromatic heterocycles. The van der Waals surface area contributed by atoms with Gasteiger partial charge in [-0.1, -0.05) is 16.9 Å². The molecule has 0 fully saturated rings. The van der Waals surface area contributed by atoms with Gasteiger partial charge in [-0.05, 0) is 19.9 Å². The molecule has 8 heteroatoms. The van der Waals surface area contributed by atoms with Crippen LogP contribution in [0.1, 0.15) is 17.0 Å². The zero-order valence-corrected chi connectivity index (χ0v) is 12.1. The molecule has 0 saturated carbocycles. The Labute approximate surface area is 115 Å². The molecule has 102 valence electrons. The van der Waals surface area contributed by atoms with Gasteiger partial charge in [0.1, 0.15) is 10.1 Å². The van der Waals surface area contributed by atoms with Gasteiger partial charge in [0.15, 0.2) is 5.84 Å². The lowest BCUT2D eigenvalue weighted by atomic mass is 10.2. The average Bonchev–Trinajstić information content (AvgIpc) is 2.79. The van der Waals surface area contributed by atoms with Gasteiger partial charge in [0.05, 0.1) is 17.0 Å². The summed E-state index contributed by atoms with van der Waals surface area (Å²) in [5.41, 5.74) is 8.02. The predicted molar refractivity (Wildman–Crippen MR) is 72.5 cm³/mol. The Kier molecular flexibility index (Phi) is 3.52. The number of nitrogens with zero attached hydrogens (tertiary/aromatic N) is 5. The maximum Gasteiger partial charge on any atom is 0.174 e. The molecule has 2 aromatic rings. The van der Waals surface area contributed by atoms with Gasteiger partial charge in [0, 0.05) is 14.1 Å². The normalized spacial score (nSPS) is 12.1. The van der Waals surface area contributed by atoms with Crippen LogP contribution in [-0.4, -0.2) is 30.6 Å². The second-order valence-corrected chi connectivity index (χ2v) is 5.23. The Hall–Kier alpha value is -1.96. The SMILES string of the molecule is Cc1cc(Sc2c(C(N)=NO)c(C)nn2C)n(C)n1. The Morgan fingerprint density at radius 3 is 2.53 bits per heavy atom. The third-order valence-electron chi connectivity index (χ3n) is 2.69. The first-order chi connectivity index (χ1) is 8.93. The van der Waals surface area contributed by atoms with Crippen LogP contribution < -0.4 is 5.73 Å². The number of rotatable bonds is 3. The number of aryl methyl sites for hydroxylation is 4. The van der Waals surface area contributed by atoms with Gasteiger partial charge in [-0.3, -0.25) is 9.36 Å². The summed E-state index contributed by atoms with van der Waals surface area (Å²) in [7, 11) is 3.70. The fourth-order valence-corrected chi connectivity index (χ4v) is 3.01. The first-order valence-electron chi connectivity index (χ1n) is 5.64. The molecule has 19 heavy (non-hydrogen) atoms. The van der Waals surface area contributed by atoms with Crippen LogP contribution in [0.4, 0.5) is 0 Å². The average molecular weight is 280 g/mol. The van der Waals surface area contributed by atoms with Crippen molar-refractivity contribution in [1.29, 1.82) is 0 Å². The highest BCUT2D eigenvalue weighted by molar-refractivity contribution is 7.99. The van der Waals surface area contributed by atoms with E-state index < -0.39 is 0 Å². The van der Waals surface area contributed by atoms with Crippen LogP contribution in [0.5, 0.6) is 0 Å². The van der Waals surface area contributed by atoms with Crippen molar-refractivity contribution in [3.63, 3.8) is 0 Å². The lowest BCUT2D eigenvalue weighted by Crippen LogP contribution is -2.15. The quantitative estimate of drug-likeness (QED) is 0.379. The van der Waals surface area contributed by atoms with Gasteiger partial charge in [-0.2, -0.15) is 10.2 Å². The molecule has 0 bridgehead atoms. The van der Waals surface area contributed by atoms with Crippen LogP contribution in [-0.2, 0) is 14.1 Å². The molecule has 0 aliphatic carbocycles. The molecule has 0 spiro atoms. The molecule has 0 amide bonds. The molecule has 2 rings (SSSR count). The summed E-state index contributed by atoms with van der Waals surface area (Å²) in [5, 5.41) is 22.3.